The smallest absolute Gasteiger partial charge is 0.356 e. The third-order valence-corrected chi connectivity index (χ3v) is 1.78. The van der Waals surface area contributed by atoms with Crippen LogP contribution in [0, 0.1) is 0 Å². The first-order valence-corrected chi connectivity index (χ1v) is 4.33. The van der Waals surface area contributed by atoms with Crippen LogP contribution in [0.4, 0.5) is 0 Å². The molecule has 6 heteroatoms. The molecular weight excluding hydrogens is 214 g/mol. The zero-order chi connectivity index (χ0) is 12.1. The number of carboxylic acid groups (broad SMARTS) is 1. The van der Waals surface area contributed by atoms with Gasteiger partial charge in [-0.1, -0.05) is 0 Å². The van der Waals surface area contributed by atoms with Crippen LogP contribution in [0.3, 0.4) is 0 Å². The number of rotatable bonds is 4. The summed E-state index contributed by atoms with van der Waals surface area (Å²) in [6.07, 6.45) is 0.158. The van der Waals surface area contributed by atoms with Crippen LogP contribution in [0.1, 0.15) is 26.5 Å². The Kier molecular flexibility index (Phi) is 3.71. The number of carbonyl (C=O) groups is 3. The minimum atomic E-state index is -1.06. The third kappa shape index (κ3) is 2.88. The van der Waals surface area contributed by atoms with Crippen molar-refractivity contribution in [2.24, 2.45) is 0 Å². The standard InChI is InChI=1S/C10H9NO5/c1-16-10(15)8-3-6(4-9(13)14)2-7(5-12)11-8/h2-3,5H,4H2,1H3,(H,13,14). The molecule has 1 rings (SSSR count). The van der Waals surface area contributed by atoms with Crippen LogP contribution in [0.25, 0.3) is 0 Å². The van der Waals surface area contributed by atoms with Gasteiger partial charge in [0.1, 0.15) is 11.4 Å². The van der Waals surface area contributed by atoms with Crippen molar-refractivity contribution < 1.29 is 24.2 Å². The number of hydrogen-bond acceptors (Lipinski definition) is 5. The molecule has 0 amide bonds. The molecule has 0 aliphatic rings. The normalized spacial score (nSPS) is 9.56. The number of aliphatic carboxylic acids is 1. The fraction of sp³-hybridized carbons (Fsp3) is 0.200. The highest BCUT2D eigenvalue weighted by atomic mass is 16.5. The van der Waals surface area contributed by atoms with Gasteiger partial charge in [-0.3, -0.25) is 9.59 Å². The zero-order valence-electron chi connectivity index (χ0n) is 8.47. The van der Waals surface area contributed by atoms with Crippen LogP contribution in [0.15, 0.2) is 12.1 Å². The number of methoxy groups -OCH3 is 1. The molecule has 0 saturated heterocycles. The van der Waals surface area contributed by atoms with E-state index in [9.17, 15) is 14.4 Å². The predicted octanol–water partition coefficient (Wildman–Crippen LogP) is 0.308. The number of esters is 1. The van der Waals surface area contributed by atoms with Gasteiger partial charge >= 0.3 is 11.9 Å². The lowest BCUT2D eigenvalue weighted by molar-refractivity contribution is -0.136. The third-order valence-electron chi connectivity index (χ3n) is 1.78. The van der Waals surface area contributed by atoms with Crippen molar-refractivity contribution in [1.82, 2.24) is 4.98 Å². The molecule has 1 heterocycles. The van der Waals surface area contributed by atoms with Gasteiger partial charge in [-0.2, -0.15) is 0 Å². The molecule has 1 N–H and O–H groups in total. The van der Waals surface area contributed by atoms with Crippen molar-refractivity contribution in [2.45, 2.75) is 6.42 Å². The van der Waals surface area contributed by atoms with E-state index in [1.807, 2.05) is 0 Å². The molecule has 0 bridgehead atoms. The average Bonchev–Trinajstić information content (AvgIpc) is 2.26. The van der Waals surface area contributed by atoms with E-state index in [2.05, 4.69) is 9.72 Å². The van der Waals surface area contributed by atoms with Crippen molar-refractivity contribution in [2.75, 3.05) is 7.11 Å². The van der Waals surface area contributed by atoms with Crippen LogP contribution in [-0.2, 0) is 16.0 Å². The van der Waals surface area contributed by atoms with E-state index >= 15 is 0 Å². The summed E-state index contributed by atoms with van der Waals surface area (Å²) in [4.78, 5) is 35.9. The molecule has 16 heavy (non-hydrogen) atoms. The lowest BCUT2D eigenvalue weighted by atomic mass is 10.1. The molecule has 0 unspecified atom stereocenters. The molecule has 0 aromatic carbocycles. The van der Waals surface area contributed by atoms with Crippen molar-refractivity contribution in [3.05, 3.63) is 29.1 Å². The quantitative estimate of drug-likeness (QED) is 0.583. The lowest BCUT2D eigenvalue weighted by Crippen LogP contribution is -2.09. The Balaban J connectivity index is 3.15. The first-order chi connectivity index (χ1) is 7.56. The van der Waals surface area contributed by atoms with Crippen molar-refractivity contribution in [3.8, 4) is 0 Å². The topological polar surface area (TPSA) is 93.6 Å². The monoisotopic (exact) mass is 223 g/mol. The molecule has 0 radical (unpaired) electrons. The second-order valence-corrected chi connectivity index (χ2v) is 2.97. The van der Waals surface area contributed by atoms with E-state index in [0.717, 1.165) is 0 Å². The predicted molar refractivity (Wildman–Crippen MR) is 52.3 cm³/mol. The maximum Gasteiger partial charge on any atom is 0.356 e. The van der Waals surface area contributed by atoms with Crippen LogP contribution < -0.4 is 0 Å². The first kappa shape index (κ1) is 11.8. The molecule has 1 aromatic heterocycles. The Labute approximate surface area is 90.9 Å². The molecular formula is C10H9NO5. The molecule has 0 aliphatic heterocycles. The summed E-state index contributed by atoms with van der Waals surface area (Å²) in [5.74, 6) is -1.77. The van der Waals surface area contributed by atoms with Crippen LogP contribution in [0.5, 0.6) is 0 Å². The summed E-state index contributed by atoms with van der Waals surface area (Å²) < 4.78 is 4.43. The number of nitrogens with zero attached hydrogens (tertiary/aromatic N) is 1. The van der Waals surface area contributed by atoms with Crippen LogP contribution >= 0.6 is 0 Å². The first-order valence-electron chi connectivity index (χ1n) is 4.33. The average molecular weight is 223 g/mol. The highest BCUT2D eigenvalue weighted by Crippen LogP contribution is 2.07. The van der Waals surface area contributed by atoms with Gasteiger partial charge in [-0.05, 0) is 17.7 Å². The number of aromatic nitrogens is 1. The van der Waals surface area contributed by atoms with Gasteiger partial charge in [0.2, 0.25) is 0 Å². The van der Waals surface area contributed by atoms with Crippen LogP contribution in [-0.4, -0.2) is 35.4 Å². The van der Waals surface area contributed by atoms with Gasteiger partial charge < -0.3 is 9.84 Å². The number of ether oxygens (including phenoxy) is 1. The summed E-state index contributed by atoms with van der Waals surface area (Å²) >= 11 is 0. The summed E-state index contributed by atoms with van der Waals surface area (Å²) in [6, 6.07) is 2.60. The molecule has 6 nitrogen and oxygen atoms in total. The maximum atomic E-state index is 11.2. The van der Waals surface area contributed by atoms with Gasteiger partial charge in [0, 0.05) is 0 Å². The Morgan fingerprint density at radius 3 is 2.69 bits per heavy atom. The highest BCUT2D eigenvalue weighted by Gasteiger charge is 2.12. The van der Waals surface area contributed by atoms with Crippen molar-refractivity contribution in [1.29, 1.82) is 0 Å². The van der Waals surface area contributed by atoms with Crippen molar-refractivity contribution in [3.63, 3.8) is 0 Å². The Hall–Kier alpha value is -2.24. The van der Waals surface area contributed by atoms with Gasteiger partial charge in [0.15, 0.2) is 6.29 Å². The number of carbonyl (C=O) groups excluding carboxylic acids is 2. The largest absolute Gasteiger partial charge is 0.481 e. The van der Waals surface area contributed by atoms with Crippen molar-refractivity contribution >= 4 is 18.2 Å². The maximum absolute atomic E-state index is 11.2. The van der Waals surface area contributed by atoms with Gasteiger partial charge in [-0.25, -0.2) is 9.78 Å². The number of carboxylic acids is 1. The Morgan fingerprint density at radius 1 is 1.50 bits per heavy atom. The van der Waals surface area contributed by atoms with E-state index in [4.69, 9.17) is 5.11 Å². The SMILES string of the molecule is COC(=O)c1cc(CC(=O)O)cc(C=O)n1. The molecule has 0 spiro atoms. The fourth-order valence-corrected chi connectivity index (χ4v) is 1.16. The molecule has 0 saturated carbocycles. The number of pyridine rings is 1. The zero-order valence-corrected chi connectivity index (χ0v) is 8.47. The molecule has 0 aliphatic carbocycles. The van der Waals surface area contributed by atoms with Crippen LogP contribution in [0.2, 0.25) is 0 Å². The number of aldehydes is 1. The fourth-order valence-electron chi connectivity index (χ4n) is 1.16. The Bertz CT molecular complexity index is 441. The van der Waals surface area contributed by atoms with E-state index in [0.29, 0.717) is 11.8 Å². The molecule has 84 valence electrons. The highest BCUT2D eigenvalue weighted by molar-refractivity contribution is 5.89. The summed E-state index contributed by atoms with van der Waals surface area (Å²) in [5, 5.41) is 8.59. The molecule has 1 aromatic rings. The van der Waals surface area contributed by atoms with E-state index < -0.39 is 11.9 Å². The van der Waals surface area contributed by atoms with E-state index in [1.54, 1.807) is 0 Å². The molecule has 0 atom stereocenters. The van der Waals surface area contributed by atoms with Gasteiger partial charge in [-0.15, -0.1) is 0 Å². The van der Waals surface area contributed by atoms with E-state index in [1.165, 1.54) is 19.2 Å². The Morgan fingerprint density at radius 2 is 2.19 bits per heavy atom. The minimum Gasteiger partial charge on any atom is -0.481 e. The summed E-state index contributed by atoms with van der Waals surface area (Å²) in [5.41, 5.74) is 0.243. The lowest BCUT2D eigenvalue weighted by Gasteiger charge is -2.02. The second-order valence-electron chi connectivity index (χ2n) is 2.97. The molecule has 0 fully saturated rings. The number of hydrogen-bond donors (Lipinski definition) is 1. The van der Waals surface area contributed by atoms with Gasteiger partial charge in [0.25, 0.3) is 0 Å². The summed E-state index contributed by atoms with van der Waals surface area (Å²) in [6.45, 7) is 0. The van der Waals surface area contributed by atoms with Gasteiger partial charge in [0.05, 0.1) is 13.5 Å². The minimum absolute atomic E-state index is 0.000787. The van der Waals surface area contributed by atoms with E-state index in [-0.39, 0.29) is 17.8 Å². The summed E-state index contributed by atoms with van der Waals surface area (Å²) in [7, 11) is 1.18. The second kappa shape index (κ2) is 5.01.